The van der Waals surface area contributed by atoms with Crippen LogP contribution in [-0.2, 0) is 11.2 Å². The molecular weight excluding hydrogens is 334 g/mol. The predicted molar refractivity (Wildman–Crippen MR) is 97.2 cm³/mol. The molecule has 0 aromatic carbocycles. The standard InChI is InChI=1S/C16H23N9O/c17-13-12-14(21-9-20-13)23-10(22-12)2-1-3-11(26)25-6-4-16(5-7-25)8-19-15(18)24-16/h9H,1-8H2,(H3,18,19,24)(H3,17,20,21,22,23). The smallest absolute Gasteiger partial charge is 0.222 e. The summed E-state index contributed by atoms with van der Waals surface area (Å²) in [6.45, 7) is 2.19. The number of guanidine groups is 1. The first-order valence-electron chi connectivity index (χ1n) is 8.86. The number of imidazole rings is 1. The number of nitrogens with two attached hydrogens (primary N) is 2. The fourth-order valence-corrected chi connectivity index (χ4v) is 3.63. The van der Waals surface area contributed by atoms with Crippen LogP contribution in [0.15, 0.2) is 11.3 Å². The van der Waals surface area contributed by atoms with E-state index < -0.39 is 0 Å². The van der Waals surface area contributed by atoms with Crippen molar-refractivity contribution in [2.75, 3.05) is 25.4 Å². The number of H-pyrrole nitrogens is 1. The first-order chi connectivity index (χ1) is 12.5. The summed E-state index contributed by atoms with van der Waals surface area (Å²) in [5.74, 6) is 1.86. The van der Waals surface area contributed by atoms with E-state index in [1.54, 1.807) is 0 Å². The molecule has 138 valence electrons. The molecule has 0 bridgehead atoms. The molecule has 10 heteroatoms. The maximum atomic E-state index is 12.5. The highest BCUT2D eigenvalue weighted by molar-refractivity contribution is 5.81. The molecule has 6 N–H and O–H groups in total. The van der Waals surface area contributed by atoms with E-state index in [4.69, 9.17) is 11.5 Å². The summed E-state index contributed by atoms with van der Waals surface area (Å²) in [4.78, 5) is 34.2. The number of aliphatic imine (C=N–C) groups is 1. The summed E-state index contributed by atoms with van der Waals surface area (Å²) in [6.07, 6.45) is 5.05. The normalized spacial score (nSPS) is 18.9. The Morgan fingerprint density at radius 1 is 1.27 bits per heavy atom. The van der Waals surface area contributed by atoms with Gasteiger partial charge in [-0.05, 0) is 19.3 Å². The van der Waals surface area contributed by atoms with Crippen LogP contribution in [0.1, 0.15) is 31.5 Å². The van der Waals surface area contributed by atoms with Crippen molar-refractivity contribution in [2.45, 2.75) is 37.6 Å². The number of hydrogen-bond donors (Lipinski definition) is 4. The molecule has 0 saturated carbocycles. The molecule has 4 rings (SSSR count). The molecule has 1 fully saturated rings. The first kappa shape index (κ1) is 16.6. The number of likely N-dealkylation sites (tertiary alicyclic amines) is 1. The molecule has 0 radical (unpaired) electrons. The average molecular weight is 357 g/mol. The van der Waals surface area contributed by atoms with Gasteiger partial charge in [-0.1, -0.05) is 0 Å². The molecule has 4 heterocycles. The number of amides is 1. The highest BCUT2D eigenvalue weighted by Crippen LogP contribution is 2.26. The Labute approximate surface area is 150 Å². The minimum absolute atomic E-state index is 0.0455. The van der Waals surface area contributed by atoms with Gasteiger partial charge in [0.1, 0.15) is 17.7 Å². The molecule has 0 atom stereocenters. The summed E-state index contributed by atoms with van der Waals surface area (Å²) >= 11 is 0. The second-order valence-corrected chi connectivity index (χ2v) is 6.98. The number of carbonyl (C=O) groups excluding carboxylic acids is 1. The molecular formula is C16H23N9O. The summed E-state index contributed by atoms with van der Waals surface area (Å²) in [7, 11) is 0. The Hall–Kier alpha value is -2.91. The maximum Gasteiger partial charge on any atom is 0.222 e. The molecule has 26 heavy (non-hydrogen) atoms. The SMILES string of the molecule is NC1=NCC2(CCN(C(=O)CCCc3nc4ncnc(N)c4[nH]3)CC2)N1. The highest BCUT2D eigenvalue weighted by atomic mass is 16.2. The van der Waals surface area contributed by atoms with Crippen LogP contribution in [-0.4, -0.2) is 61.9 Å². The van der Waals surface area contributed by atoms with Crippen LogP contribution in [0.5, 0.6) is 0 Å². The van der Waals surface area contributed by atoms with Crippen molar-refractivity contribution in [2.24, 2.45) is 10.7 Å². The number of rotatable bonds is 4. The van der Waals surface area contributed by atoms with Gasteiger partial charge in [0, 0.05) is 25.9 Å². The Morgan fingerprint density at radius 2 is 2.08 bits per heavy atom. The van der Waals surface area contributed by atoms with E-state index in [0.717, 1.165) is 38.2 Å². The van der Waals surface area contributed by atoms with Crippen molar-refractivity contribution in [1.29, 1.82) is 0 Å². The van der Waals surface area contributed by atoms with E-state index in [2.05, 4.69) is 30.2 Å². The van der Waals surface area contributed by atoms with E-state index in [0.29, 0.717) is 42.3 Å². The van der Waals surface area contributed by atoms with Crippen LogP contribution < -0.4 is 16.8 Å². The van der Waals surface area contributed by atoms with Gasteiger partial charge in [0.15, 0.2) is 17.4 Å². The molecule has 2 aromatic heterocycles. The van der Waals surface area contributed by atoms with E-state index in [1.165, 1.54) is 6.33 Å². The number of carbonyl (C=O) groups is 1. The number of fused-ring (bicyclic) bond motifs is 1. The lowest BCUT2D eigenvalue weighted by Crippen LogP contribution is -2.55. The third kappa shape index (κ3) is 3.14. The molecule has 0 unspecified atom stereocenters. The molecule has 2 aliphatic heterocycles. The first-order valence-corrected chi connectivity index (χ1v) is 8.86. The van der Waals surface area contributed by atoms with Gasteiger partial charge in [0.2, 0.25) is 5.91 Å². The maximum absolute atomic E-state index is 12.5. The minimum atomic E-state index is -0.0455. The second-order valence-electron chi connectivity index (χ2n) is 6.98. The van der Waals surface area contributed by atoms with Crippen LogP contribution in [0.2, 0.25) is 0 Å². The number of aromatic nitrogens is 4. The van der Waals surface area contributed by atoms with Gasteiger partial charge in [0.05, 0.1) is 12.1 Å². The van der Waals surface area contributed by atoms with Crippen LogP contribution >= 0.6 is 0 Å². The number of piperidine rings is 1. The predicted octanol–water partition coefficient (Wildman–Crippen LogP) is -0.463. The van der Waals surface area contributed by atoms with Gasteiger partial charge in [-0.25, -0.2) is 15.0 Å². The Bertz CT molecular complexity index is 851. The van der Waals surface area contributed by atoms with Gasteiger partial charge in [-0.15, -0.1) is 0 Å². The van der Waals surface area contributed by atoms with Crippen LogP contribution in [0.3, 0.4) is 0 Å². The summed E-state index contributed by atoms with van der Waals surface area (Å²) < 4.78 is 0. The van der Waals surface area contributed by atoms with Gasteiger partial charge in [0.25, 0.3) is 0 Å². The van der Waals surface area contributed by atoms with Crippen LogP contribution in [0.25, 0.3) is 11.2 Å². The second kappa shape index (κ2) is 6.43. The number of nitrogen functional groups attached to an aromatic ring is 1. The Morgan fingerprint density at radius 3 is 2.77 bits per heavy atom. The summed E-state index contributed by atoms with van der Waals surface area (Å²) in [5.41, 5.74) is 12.7. The van der Waals surface area contributed by atoms with E-state index >= 15 is 0 Å². The number of hydrogen-bond acceptors (Lipinski definition) is 8. The number of nitrogens with zero attached hydrogens (tertiary/aromatic N) is 5. The van der Waals surface area contributed by atoms with Crippen molar-refractivity contribution < 1.29 is 4.79 Å². The third-order valence-corrected chi connectivity index (χ3v) is 5.19. The average Bonchev–Trinajstić information content (AvgIpc) is 3.20. The lowest BCUT2D eigenvalue weighted by molar-refractivity contribution is -0.132. The zero-order valence-electron chi connectivity index (χ0n) is 14.5. The molecule has 2 aromatic rings. The summed E-state index contributed by atoms with van der Waals surface area (Å²) in [6, 6.07) is 0. The van der Waals surface area contributed by atoms with E-state index in [1.807, 2.05) is 4.90 Å². The zero-order valence-corrected chi connectivity index (χ0v) is 14.5. The van der Waals surface area contributed by atoms with Crippen molar-refractivity contribution >= 4 is 28.8 Å². The van der Waals surface area contributed by atoms with Gasteiger partial charge >= 0.3 is 0 Å². The lowest BCUT2D eigenvalue weighted by atomic mass is 9.88. The fraction of sp³-hybridized carbons (Fsp3) is 0.562. The largest absolute Gasteiger partial charge is 0.382 e. The van der Waals surface area contributed by atoms with Gasteiger partial charge in [-0.2, -0.15) is 0 Å². The van der Waals surface area contributed by atoms with Gasteiger partial charge in [-0.3, -0.25) is 9.79 Å². The number of aromatic amines is 1. The number of aryl methyl sites for hydroxylation is 1. The lowest BCUT2D eigenvalue weighted by Gasteiger charge is -2.39. The summed E-state index contributed by atoms with van der Waals surface area (Å²) in [5, 5.41) is 3.27. The highest BCUT2D eigenvalue weighted by Gasteiger charge is 2.38. The number of anilines is 1. The molecule has 0 aliphatic carbocycles. The zero-order chi connectivity index (χ0) is 18.1. The van der Waals surface area contributed by atoms with E-state index in [9.17, 15) is 4.79 Å². The molecule has 1 saturated heterocycles. The number of nitrogens with one attached hydrogen (secondary N) is 2. The van der Waals surface area contributed by atoms with Crippen LogP contribution in [0.4, 0.5) is 5.82 Å². The monoisotopic (exact) mass is 357 g/mol. The minimum Gasteiger partial charge on any atom is -0.382 e. The topological polar surface area (TPSA) is 151 Å². The van der Waals surface area contributed by atoms with Crippen LogP contribution in [0, 0.1) is 0 Å². The Balaban J connectivity index is 1.26. The van der Waals surface area contributed by atoms with Gasteiger partial charge < -0.3 is 26.7 Å². The molecule has 1 spiro atoms. The van der Waals surface area contributed by atoms with Crippen molar-refractivity contribution in [3.05, 3.63) is 12.2 Å². The third-order valence-electron chi connectivity index (χ3n) is 5.19. The molecule has 2 aliphatic rings. The quantitative estimate of drug-likeness (QED) is 0.577. The van der Waals surface area contributed by atoms with Crippen molar-refractivity contribution in [1.82, 2.24) is 30.2 Å². The van der Waals surface area contributed by atoms with E-state index in [-0.39, 0.29) is 11.4 Å². The fourth-order valence-electron chi connectivity index (χ4n) is 3.63. The molecule has 10 nitrogen and oxygen atoms in total. The molecule has 1 amide bonds. The van der Waals surface area contributed by atoms with Crippen molar-refractivity contribution in [3.8, 4) is 0 Å². The van der Waals surface area contributed by atoms with Crippen molar-refractivity contribution in [3.63, 3.8) is 0 Å². The Kier molecular flexibility index (Phi) is 4.09.